The second-order valence-electron chi connectivity index (χ2n) is 5.53. The van der Waals surface area contributed by atoms with Crippen molar-refractivity contribution in [3.8, 4) is 11.4 Å². The molecule has 0 bridgehead atoms. The highest BCUT2D eigenvalue weighted by atomic mass is 15.2. The molecule has 0 saturated carbocycles. The molecule has 3 heteroatoms. The lowest BCUT2D eigenvalue weighted by atomic mass is 9.90. The van der Waals surface area contributed by atoms with Gasteiger partial charge >= 0.3 is 0 Å². The zero-order valence-corrected chi connectivity index (χ0v) is 10.7. The van der Waals surface area contributed by atoms with Gasteiger partial charge < -0.3 is 0 Å². The van der Waals surface area contributed by atoms with Crippen molar-refractivity contribution in [1.82, 2.24) is 15.2 Å². The number of nitrogens with zero attached hydrogens (tertiary/aromatic N) is 2. The fourth-order valence-electron chi connectivity index (χ4n) is 1.62. The third kappa shape index (κ3) is 3.41. The van der Waals surface area contributed by atoms with Crippen LogP contribution in [0.2, 0.25) is 0 Å². The van der Waals surface area contributed by atoms with Gasteiger partial charge in [-0.1, -0.05) is 51.1 Å². The van der Waals surface area contributed by atoms with Crippen LogP contribution in [0, 0.1) is 5.41 Å². The zero-order valence-electron chi connectivity index (χ0n) is 10.7. The molecule has 90 valence electrons. The second-order valence-corrected chi connectivity index (χ2v) is 5.53. The molecule has 0 fully saturated rings. The van der Waals surface area contributed by atoms with Crippen LogP contribution >= 0.6 is 0 Å². The van der Waals surface area contributed by atoms with Crippen molar-refractivity contribution in [1.29, 1.82) is 0 Å². The van der Waals surface area contributed by atoms with E-state index in [2.05, 4.69) is 36.0 Å². The van der Waals surface area contributed by atoms with Crippen LogP contribution < -0.4 is 0 Å². The molecule has 2 aromatic rings. The Labute approximate surface area is 102 Å². The summed E-state index contributed by atoms with van der Waals surface area (Å²) >= 11 is 0. The number of benzene rings is 1. The van der Waals surface area contributed by atoms with Crippen molar-refractivity contribution in [3.63, 3.8) is 0 Å². The van der Waals surface area contributed by atoms with Crippen LogP contribution in [-0.4, -0.2) is 15.2 Å². The van der Waals surface area contributed by atoms with E-state index < -0.39 is 0 Å². The van der Waals surface area contributed by atoms with Crippen LogP contribution in [0.25, 0.3) is 11.4 Å². The molecule has 0 amide bonds. The van der Waals surface area contributed by atoms with Crippen molar-refractivity contribution in [2.45, 2.75) is 33.6 Å². The van der Waals surface area contributed by atoms with Crippen molar-refractivity contribution >= 4 is 0 Å². The lowest BCUT2D eigenvalue weighted by molar-refractivity contribution is 0.374. The first kappa shape index (κ1) is 11.8. The smallest absolute Gasteiger partial charge is 0.181 e. The Morgan fingerprint density at radius 2 is 1.82 bits per heavy atom. The second kappa shape index (κ2) is 4.70. The van der Waals surface area contributed by atoms with E-state index >= 15 is 0 Å². The predicted octanol–water partition coefficient (Wildman–Crippen LogP) is 3.45. The maximum Gasteiger partial charge on any atom is 0.181 e. The molecule has 1 aromatic carbocycles. The monoisotopic (exact) mass is 229 g/mol. The standard InChI is InChI=1S/C14H19N3/c1-14(2,3)10-9-12-15-13(17-16-12)11-7-5-4-6-8-11/h4-8H,9-10H2,1-3H3,(H,15,16,17). The normalized spacial score (nSPS) is 11.7. The number of H-pyrrole nitrogens is 1. The van der Waals surface area contributed by atoms with Crippen LogP contribution in [0.1, 0.15) is 33.0 Å². The van der Waals surface area contributed by atoms with Gasteiger partial charge in [-0.2, -0.15) is 5.10 Å². The van der Waals surface area contributed by atoms with E-state index in [-0.39, 0.29) is 0 Å². The highest BCUT2D eigenvalue weighted by Gasteiger charge is 2.12. The van der Waals surface area contributed by atoms with E-state index in [4.69, 9.17) is 0 Å². The Bertz CT molecular complexity index is 466. The molecule has 2 rings (SSSR count). The molecule has 0 aliphatic carbocycles. The summed E-state index contributed by atoms with van der Waals surface area (Å²) in [5.74, 6) is 1.76. The summed E-state index contributed by atoms with van der Waals surface area (Å²) in [5.41, 5.74) is 1.39. The lowest BCUT2D eigenvalue weighted by Crippen LogP contribution is -2.07. The molecular formula is C14H19N3. The molecular weight excluding hydrogens is 210 g/mol. The topological polar surface area (TPSA) is 41.6 Å². The van der Waals surface area contributed by atoms with E-state index in [1.54, 1.807) is 0 Å². The van der Waals surface area contributed by atoms with Gasteiger partial charge in [-0.3, -0.25) is 5.10 Å². The average molecular weight is 229 g/mol. The molecule has 0 aliphatic heterocycles. The Morgan fingerprint density at radius 1 is 1.12 bits per heavy atom. The molecule has 0 atom stereocenters. The van der Waals surface area contributed by atoms with Crippen LogP contribution in [-0.2, 0) is 6.42 Å². The van der Waals surface area contributed by atoms with Gasteiger partial charge in [0.15, 0.2) is 5.82 Å². The number of aromatic nitrogens is 3. The zero-order chi connectivity index (χ0) is 12.3. The Hall–Kier alpha value is -1.64. The third-order valence-electron chi connectivity index (χ3n) is 2.68. The number of nitrogens with one attached hydrogen (secondary N) is 1. The molecule has 0 spiro atoms. The average Bonchev–Trinajstić information content (AvgIpc) is 2.75. The number of hydrogen-bond donors (Lipinski definition) is 1. The summed E-state index contributed by atoms with van der Waals surface area (Å²) in [6, 6.07) is 10.0. The predicted molar refractivity (Wildman–Crippen MR) is 69.6 cm³/mol. The summed E-state index contributed by atoms with van der Waals surface area (Å²) in [7, 11) is 0. The molecule has 17 heavy (non-hydrogen) atoms. The Balaban J connectivity index is 2.07. The first-order chi connectivity index (χ1) is 8.04. The van der Waals surface area contributed by atoms with Crippen molar-refractivity contribution in [2.75, 3.05) is 0 Å². The molecule has 0 unspecified atom stereocenters. The van der Waals surface area contributed by atoms with E-state index in [9.17, 15) is 0 Å². The van der Waals surface area contributed by atoms with Gasteiger partial charge in [0.2, 0.25) is 0 Å². The highest BCUT2D eigenvalue weighted by Crippen LogP contribution is 2.21. The summed E-state index contributed by atoms with van der Waals surface area (Å²) < 4.78 is 0. The fourth-order valence-corrected chi connectivity index (χ4v) is 1.62. The Morgan fingerprint density at radius 3 is 2.47 bits per heavy atom. The minimum Gasteiger partial charge on any atom is -0.263 e. The van der Waals surface area contributed by atoms with Crippen LogP contribution in [0.4, 0.5) is 0 Å². The van der Waals surface area contributed by atoms with E-state index in [0.29, 0.717) is 5.41 Å². The molecule has 0 aliphatic rings. The SMILES string of the molecule is CC(C)(C)CCc1nc(-c2ccccc2)n[nH]1. The van der Waals surface area contributed by atoms with E-state index in [1.807, 2.05) is 30.3 Å². The van der Waals surface area contributed by atoms with Crippen LogP contribution in [0.15, 0.2) is 30.3 Å². The number of hydrogen-bond acceptors (Lipinski definition) is 2. The van der Waals surface area contributed by atoms with Crippen LogP contribution in [0.5, 0.6) is 0 Å². The quantitative estimate of drug-likeness (QED) is 0.875. The maximum atomic E-state index is 4.52. The largest absolute Gasteiger partial charge is 0.263 e. The number of aryl methyl sites for hydroxylation is 1. The first-order valence-electron chi connectivity index (χ1n) is 6.01. The summed E-state index contributed by atoms with van der Waals surface area (Å²) in [6.45, 7) is 6.71. The van der Waals surface area contributed by atoms with E-state index in [0.717, 1.165) is 30.1 Å². The van der Waals surface area contributed by atoms with Gasteiger partial charge in [-0.15, -0.1) is 0 Å². The van der Waals surface area contributed by atoms with E-state index in [1.165, 1.54) is 0 Å². The lowest BCUT2D eigenvalue weighted by Gasteiger charge is -2.16. The first-order valence-corrected chi connectivity index (χ1v) is 6.01. The minimum absolute atomic E-state index is 0.333. The van der Waals surface area contributed by atoms with Crippen molar-refractivity contribution < 1.29 is 0 Å². The summed E-state index contributed by atoms with van der Waals surface area (Å²) in [6.07, 6.45) is 2.06. The molecule has 1 aromatic heterocycles. The van der Waals surface area contributed by atoms with Gasteiger partial charge in [0.1, 0.15) is 5.82 Å². The van der Waals surface area contributed by atoms with Crippen molar-refractivity contribution in [3.05, 3.63) is 36.2 Å². The molecule has 0 saturated heterocycles. The summed E-state index contributed by atoms with van der Waals surface area (Å²) in [4.78, 5) is 4.52. The highest BCUT2D eigenvalue weighted by molar-refractivity contribution is 5.53. The number of aromatic amines is 1. The van der Waals surface area contributed by atoms with Gasteiger partial charge in [-0.25, -0.2) is 4.98 Å². The third-order valence-corrected chi connectivity index (χ3v) is 2.68. The molecule has 3 nitrogen and oxygen atoms in total. The molecule has 1 N–H and O–H groups in total. The van der Waals surface area contributed by atoms with Crippen LogP contribution in [0.3, 0.4) is 0 Å². The van der Waals surface area contributed by atoms with Gasteiger partial charge in [-0.05, 0) is 11.8 Å². The summed E-state index contributed by atoms with van der Waals surface area (Å²) in [5, 5.41) is 7.27. The fraction of sp³-hybridized carbons (Fsp3) is 0.429. The van der Waals surface area contributed by atoms with Gasteiger partial charge in [0.25, 0.3) is 0 Å². The van der Waals surface area contributed by atoms with Gasteiger partial charge in [0, 0.05) is 12.0 Å². The number of rotatable bonds is 3. The Kier molecular flexibility index (Phi) is 3.27. The van der Waals surface area contributed by atoms with Gasteiger partial charge in [0.05, 0.1) is 0 Å². The van der Waals surface area contributed by atoms with Crippen molar-refractivity contribution in [2.24, 2.45) is 5.41 Å². The molecule has 0 radical (unpaired) electrons. The minimum atomic E-state index is 0.333. The maximum absolute atomic E-state index is 4.52. The molecule has 1 heterocycles.